The first-order valence-electron chi connectivity index (χ1n) is 7.44. The Labute approximate surface area is 131 Å². The molecule has 1 aliphatic rings. The smallest absolute Gasteiger partial charge is 0.330 e. The van der Waals surface area contributed by atoms with Crippen LogP contribution in [-0.4, -0.2) is 25.3 Å². The first-order valence-corrected chi connectivity index (χ1v) is 7.44. The van der Waals surface area contributed by atoms with E-state index in [-0.39, 0.29) is 18.2 Å². The molecule has 0 spiro atoms. The minimum atomic E-state index is -0.274. The van der Waals surface area contributed by atoms with Crippen LogP contribution >= 0.6 is 0 Å². The predicted molar refractivity (Wildman–Crippen MR) is 84.6 cm³/mol. The van der Waals surface area contributed by atoms with Crippen molar-refractivity contribution in [3.05, 3.63) is 54.6 Å². The fourth-order valence-corrected chi connectivity index (χ4v) is 2.36. The summed E-state index contributed by atoms with van der Waals surface area (Å²) in [6.45, 7) is 4.28. The number of hydrogen-bond acceptors (Lipinski definition) is 4. The second-order valence-electron chi connectivity index (χ2n) is 5.24. The lowest BCUT2D eigenvalue weighted by Crippen LogP contribution is -2.26. The Bertz CT molecular complexity index is 518. The van der Waals surface area contributed by atoms with Crippen LogP contribution < -0.4 is 4.74 Å². The molecule has 0 radical (unpaired) electrons. The molecule has 2 atom stereocenters. The van der Waals surface area contributed by atoms with E-state index in [1.807, 2.05) is 36.4 Å². The van der Waals surface area contributed by atoms with E-state index in [0.29, 0.717) is 13.0 Å². The highest BCUT2D eigenvalue weighted by molar-refractivity contribution is 5.82. The SMILES string of the molecule is C=CC[C@H](C[C@H]1CC=CC(=O)O1)OCc1ccc(OC)cc1. The lowest BCUT2D eigenvalue weighted by molar-refractivity contribution is -0.146. The second kappa shape index (κ2) is 8.39. The average molecular weight is 302 g/mol. The number of hydrogen-bond donors (Lipinski definition) is 0. The Morgan fingerprint density at radius 3 is 2.82 bits per heavy atom. The zero-order valence-corrected chi connectivity index (χ0v) is 12.9. The van der Waals surface area contributed by atoms with E-state index in [1.165, 1.54) is 6.08 Å². The first-order chi connectivity index (χ1) is 10.7. The van der Waals surface area contributed by atoms with E-state index in [0.717, 1.165) is 24.2 Å². The number of methoxy groups -OCH3 is 1. The van der Waals surface area contributed by atoms with Crippen LogP contribution in [0.3, 0.4) is 0 Å². The first kappa shape index (κ1) is 16.3. The van der Waals surface area contributed by atoms with Crippen molar-refractivity contribution < 1.29 is 19.0 Å². The molecule has 0 saturated carbocycles. The molecule has 0 bridgehead atoms. The Morgan fingerprint density at radius 1 is 1.41 bits per heavy atom. The van der Waals surface area contributed by atoms with E-state index >= 15 is 0 Å². The summed E-state index contributed by atoms with van der Waals surface area (Å²) in [5, 5.41) is 0. The van der Waals surface area contributed by atoms with Gasteiger partial charge in [0.1, 0.15) is 11.9 Å². The van der Waals surface area contributed by atoms with Gasteiger partial charge in [-0.1, -0.05) is 24.3 Å². The normalized spacial score (nSPS) is 18.6. The molecule has 0 aromatic heterocycles. The zero-order chi connectivity index (χ0) is 15.8. The summed E-state index contributed by atoms with van der Waals surface area (Å²) in [4.78, 5) is 11.3. The predicted octanol–water partition coefficient (Wildman–Crippen LogP) is 3.42. The summed E-state index contributed by atoms with van der Waals surface area (Å²) in [5.74, 6) is 0.552. The minimum absolute atomic E-state index is 0.0103. The molecule has 0 fully saturated rings. The van der Waals surface area contributed by atoms with Gasteiger partial charge in [-0.05, 0) is 24.1 Å². The number of benzene rings is 1. The summed E-state index contributed by atoms with van der Waals surface area (Å²) in [7, 11) is 1.64. The van der Waals surface area contributed by atoms with Crippen molar-refractivity contribution in [3.8, 4) is 5.75 Å². The monoisotopic (exact) mass is 302 g/mol. The van der Waals surface area contributed by atoms with Gasteiger partial charge in [0.05, 0.1) is 19.8 Å². The summed E-state index contributed by atoms with van der Waals surface area (Å²) in [6.07, 6.45) is 7.18. The van der Waals surface area contributed by atoms with Crippen LogP contribution in [0.1, 0.15) is 24.8 Å². The molecule has 0 unspecified atom stereocenters. The number of esters is 1. The van der Waals surface area contributed by atoms with Gasteiger partial charge in [0, 0.05) is 18.9 Å². The third kappa shape index (κ3) is 5.04. The molecule has 0 saturated heterocycles. The number of rotatable bonds is 8. The molecule has 4 heteroatoms. The quantitative estimate of drug-likeness (QED) is 0.545. The number of ether oxygens (including phenoxy) is 3. The van der Waals surface area contributed by atoms with Gasteiger partial charge in [-0.2, -0.15) is 0 Å². The minimum Gasteiger partial charge on any atom is -0.497 e. The fourth-order valence-electron chi connectivity index (χ4n) is 2.36. The zero-order valence-electron chi connectivity index (χ0n) is 12.9. The van der Waals surface area contributed by atoms with Gasteiger partial charge in [0.15, 0.2) is 0 Å². The third-order valence-corrected chi connectivity index (χ3v) is 3.54. The van der Waals surface area contributed by atoms with Crippen LogP contribution in [-0.2, 0) is 20.9 Å². The maximum absolute atomic E-state index is 11.3. The van der Waals surface area contributed by atoms with Crippen LogP contribution in [0.15, 0.2) is 49.1 Å². The second-order valence-corrected chi connectivity index (χ2v) is 5.24. The van der Waals surface area contributed by atoms with Crippen molar-refractivity contribution in [1.82, 2.24) is 0 Å². The fraction of sp³-hybridized carbons (Fsp3) is 0.389. The standard InChI is InChI=1S/C18H22O4/c1-3-5-16(12-17-6-4-7-18(19)22-17)21-13-14-8-10-15(20-2)11-9-14/h3-4,7-11,16-17H,1,5-6,12-13H2,2H3/t16-,17-/m1/s1. The van der Waals surface area contributed by atoms with Crippen LogP contribution in [0.25, 0.3) is 0 Å². The van der Waals surface area contributed by atoms with Crippen LogP contribution in [0.5, 0.6) is 5.75 Å². The summed E-state index contributed by atoms with van der Waals surface area (Å²) >= 11 is 0. The molecule has 2 rings (SSSR count). The summed E-state index contributed by atoms with van der Waals surface area (Å²) in [5.41, 5.74) is 1.08. The molecule has 1 aromatic rings. The van der Waals surface area contributed by atoms with E-state index in [2.05, 4.69) is 6.58 Å². The van der Waals surface area contributed by atoms with Crippen LogP contribution in [0.2, 0.25) is 0 Å². The van der Waals surface area contributed by atoms with Gasteiger partial charge in [-0.3, -0.25) is 0 Å². The Morgan fingerprint density at radius 2 is 2.18 bits per heavy atom. The van der Waals surface area contributed by atoms with Crippen molar-refractivity contribution in [1.29, 1.82) is 0 Å². The van der Waals surface area contributed by atoms with Crippen LogP contribution in [0.4, 0.5) is 0 Å². The van der Waals surface area contributed by atoms with E-state index in [9.17, 15) is 4.79 Å². The van der Waals surface area contributed by atoms with Gasteiger partial charge in [0.2, 0.25) is 0 Å². The van der Waals surface area contributed by atoms with Crippen molar-refractivity contribution in [2.24, 2.45) is 0 Å². The number of carbonyl (C=O) groups excluding carboxylic acids is 1. The maximum atomic E-state index is 11.3. The van der Waals surface area contributed by atoms with Gasteiger partial charge in [-0.15, -0.1) is 6.58 Å². The summed E-state index contributed by atoms with van der Waals surface area (Å²) < 4.78 is 16.4. The largest absolute Gasteiger partial charge is 0.497 e. The molecule has 1 aliphatic heterocycles. The third-order valence-electron chi connectivity index (χ3n) is 3.54. The number of carbonyl (C=O) groups is 1. The van der Waals surface area contributed by atoms with Crippen molar-refractivity contribution in [2.45, 2.75) is 38.1 Å². The van der Waals surface area contributed by atoms with Gasteiger partial charge < -0.3 is 14.2 Å². The molecule has 4 nitrogen and oxygen atoms in total. The Kier molecular flexibility index (Phi) is 6.22. The molecular weight excluding hydrogens is 280 g/mol. The van der Waals surface area contributed by atoms with Crippen molar-refractivity contribution in [2.75, 3.05) is 7.11 Å². The summed E-state index contributed by atoms with van der Waals surface area (Å²) in [6, 6.07) is 7.78. The van der Waals surface area contributed by atoms with Crippen molar-refractivity contribution >= 4 is 5.97 Å². The van der Waals surface area contributed by atoms with E-state index in [4.69, 9.17) is 14.2 Å². The lowest BCUT2D eigenvalue weighted by atomic mass is 10.0. The van der Waals surface area contributed by atoms with E-state index in [1.54, 1.807) is 7.11 Å². The molecule has 1 aromatic carbocycles. The highest BCUT2D eigenvalue weighted by Crippen LogP contribution is 2.19. The van der Waals surface area contributed by atoms with Crippen molar-refractivity contribution in [3.63, 3.8) is 0 Å². The highest BCUT2D eigenvalue weighted by atomic mass is 16.5. The van der Waals surface area contributed by atoms with Crippen LogP contribution in [0, 0.1) is 0 Å². The lowest BCUT2D eigenvalue weighted by Gasteiger charge is -2.24. The molecular formula is C18H22O4. The van der Waals surface area contributed by atoms with Gasteiger partial charge in [0.25, 0.3) is 0 Å². The molecule has 118 valence electrons. The average Bonchev–Trinajstić information content (AvgIpc) is 2.53. The molecule has 22 heavy (non-hydrogen) atoms. The van der Waals surface area contributed by atoms with Gasteiger partial charge >= 0.3 is 5.97 Å². The highest BCUT2D eigenvalue weighted by Gasteiger charge is 2.21. The molecule has 1 heterocycles. The maximum Gasteiger partial charge on any atom is 0.330 e. The molecule has 0 amide bonds. The molecule has 0 N–H and O–H groups in total. The topological polar surface area (TPSA) is 44.8 Å². The van der Waals surface area contributed by atoms with E-state index < -0.39 is 0 Å². The number of cyclic esters (lactones) is 1. The Balaban J connectivity index is 1.86. The molecule has 0 aliphatic carbocycles. The Hall–Kier alpha value is -2.07. The van der Waals surface area contributed by atoms with Gasteiger partial charge in [-0.25, -0.2) is 4.79 Å².